The van der Waals surface area contributed by atoms with Crippen molar-refractivity contribution in [3.8, 4) is 5.75 Å². The zero-order valence-corrected chi connectivity index (χ0v) is 12.5. The van der Waals surface area contributed by atoms with Crippen molar-refractivity contribution in [1.82, 2.24) is 4.90 Å². The summed E-state index contributed by atoms with van der Waals surface area (Å²) in [4.78, 5) is 28.0. The van der Waals surface area contributed by atoms with Gasteiger partial charge in [0.05, 0.1) is 18.8 Å². The number of nitrogens with two attached hydrogens (primary N) is 1. The van der Waals surface area contributed by atoms with Crippen molar-refractivity contribution in [3.05, 3.63) is 24.3 Å². The molecule has 118 valence electrons. The lowest BCUT2D eigenvalue weighted by Gasteiger charge is -2.31. The van der Waals surface area contributed by atoms with E-state index in [1.807, 2.05) is 29.2 Å². The van der Waals surface area contributed by atoms with Gasteiger partial charge in [0, 0.05) is 19.5 Å². The van der Waals surface area contributed by atoms with E-state index in [0.29, 0.717) is 18.8 Å². The molecule has 6 nitrogen and oxygen atoms in total. The number of nitrogens with zero attached hydrogens (tertiary/aromatic N) is 2. The molecule has 1 saturated heterocycles. The molecular formula is C16H21N3O3. The van der Waals surface area contributed by atoms with Crippen LogP contribution in [-0.4, -0.2) is 49.0 Å². The molecule has 1 fully saturated rings. The summed E-state index contributed by atoms with van der Waals surface area (Å²) < 4.78 is 5.69. The van der Waals surface area contributed by atoms with Crippen molar-refractivity contribution in [1.29, 1.82) is 0 Å². The molecule has 1 aromatic rings. The highest BCUT2D eigenvalue weighted by molar-refractivity contribution is 5.89. The third kappa shape index (κ3) is 2.86. The lowest BCUT2D eigenvalue weighted by atomic mass is 10.1. The predicted molar refractivity (Wildman–Crippen MR) is 82.7 cm³/mol. The van der Waals surface area contributed by atoms with Crippen LogP contribution >= 0.6 is 0 Å². The summed E-state index contributed by atoms with van der Waals surface area (Å²) in [7, 11) is 0. The number of amides is 2. The minimum absolute atomic E-state index is 0.0421. The van der Waals surface area contributed by atoms with E-state index in [0.717, 1.165) is 31.6 Å². The molecule has 22 heavy (non-hydrogen) atoms. The molecule has 0 saturated carbocycles. The minimum Gasteiger partial charge on any atom is -0.491 e. The summed E-state index contributed by atoms with van der Waals surface area (Å²) in [5.41, 5.74) is 6.31. The number of carbonyl (C=O) groups is 2. The number of rotatable bonds is 3. The molecule has 0 spiro atoms. The first kappa shape index (κ1) is 14.7. The number of ether oxygens (including phenoxy) is 1. The Morgan fingerprint density at radius 2 is 1.95 bits per heavy atom. The van der Waals surface area contributed by atoms with Gasteiger partial charge in [0.2, 0.25) is 11.8 Å². The number of likely N-dealkylation sites (tertiary alicyclic amines) is 1. The van der Waals surface area contributed by atoms with Crippen molar-refractivity contribution in [3.63, 3.8) is 0 Å². The first-order valence-corrected chi connectivity index (χ1v) is 7.72. The van der Waals surface area contributed by atoms with Crippen molar-refractivity contribution in [2.75, 3.05) is 31.1 Å². The highest BCUT2D eigenvalue weighted by Gasteiger charge is 2.32. The van der Waals surface area contributed by atoms with E-state index in [2.05, 4.69) is 0 Å². The fraction of sp³-hybridized carbons (Fsp3) is 0.500. The van der Waals surface area contributed by atoms with Gasteiger partial charge in [-0.05, 0) is 25.0 Å². The van der Waals surface area contributed by atoms with Crippen molar-refractivity contribution >= 4 is 17.5 Å². The van der Waals surface area contributed by atoms with Gasteiger partial charge in [-0.1, -0.05) is 12.1 Å². The average Bonchev–Trinajstić information content (AvgIpc) is 2.98. The van der Waals surface area contributed by atoms with Crippen LogP contribution in [0.15, 0.2) is 24.3 Å². The summed E-state index contributed by atoms with van der Waals surface area (Å²) >= 11 is 0. The van der Waals surface area contributed by atoms with Gasteiger partial charge < -0.3 is 20.3 Å². The Morgan fingerprint density at radius 1 is 1.23 bits per heavy atom. The fourth-order valence-electron chi connectivity index (χ4n) is 3.12. The Bertz CT molecular complexity index is 570. The molecule has 2 aliphatic rings. The summed E-state index contributed by atoms with van der Waals surface area (Å²) in [5, 5.41) is 0. The summed E-state index contributed by atoms with van der Waals surface area (Å²) in [6, 6.07) is 6.96. The molecule has 1 unspecified atom stereocenters. The van der Waals surface area contributed by atoms with Crippen LogP contribution in [0, 0.1) is 0 Å². The van der Waals surface area contributed by atoms with E-state index in [1.165, 1.54) is 0 Å². The van der Waals surface area contributed by atoms with Gasteiger partial charge in [-0.25, -0.2) is 0 Å². The van der Waals surface area contributed by atoms with Crippen molar-refractivity contribution < 1.29 is 14.3 Å². The zero-order valence-electron chi connectivity index (χ0n) is 12.5. The standard InChI is InChI=1S/C16H21N3O3/c17-16(21)13-7-10-22-14-6-2-1-5-12(14)19(13)11-15(20)18-8-3-4-9-18/h1-2,5-6,13H,3-4,7-11H2,(H2,17,21). The van der Waals surface area contributed by atoms with Crippen LogP contribution in [0.5, 0.6) is 5.75 Å². The number of fused-ring (bicyclic) bond motifs is 1. The number of para-hydroxylation sites is 2. The van der Waals surface area contributed by atoms with Gasteiger partial charge in [0.25, 0.3) is 0 Å². The minimum atomic E-state index is -0.518. The first-order valence-electron chi connectivity index (χ1n) is 7.72. The smallest absolute Gasteiger partial charge is 0.242 e. The molecule has 1 atom stereocenters. The average molecular weight is 303 g/mol. The maximum absolute atomic E-state index is 12.5. The van der Waals surface area contributed by atoms with Crippen LogP contribution in [0.25, 0.3) is 0 Å². The van der Waals surface area contributed by atoms with Gasteiger partial charge in [-0.2, -0.15) is 0 Å². The Labute approximate surface area is 129 Å². The number of anilines is 1. The molecule has 0 radical (unpaired) electrons. The second-order valence-corrected chi connectivity index (χ2v) is 5.74. The van der Waals surface area contributed by atoms with E-state index < -0.39 is 11.9 Å². The molecule has 1 aromatic carbocycles. The number of hydrogen-bond donors (Lipinski definition) is 1. The molecule has 6 heteroatoms. The number of benzene rings is 1. The maximum atomic E-state index is 12.5. The molecule has 0 bridgehead atoms. The van der Waals surface area contributed by atoms with Gasteiger partial charge in [0.1, 0.15) is 11.8 Å². The molecule has 2 amide bonds. The molecule has 0 aromatic heterocycles. The Kier molecular flexibility index (Phi) is 4.18. The van der Waals surface area contributed by atoms with Crippen LogP contribution < -0.4 is 15.4 Å². The predicted octanol–water partition coefficient (Wildman–Crippen LogP) is 0.752. The molecule has 2 N–H and O–H groups in total. The van der Waals surface area contributed by atoms with E-state index in [9.17, 15) is 9.59 Å². The molecular weight excluding hydrogens is 282 g/mol. The van der Waals surface area contributed by atoms with E-state index in [4.69, 9.17) is 10.5 Å². The van der Waals surface area contributed by atoms with Gasteiger partial charge in [-0.15, -0.1) is 0 Å². The second-order valence-electron chi connectivity index (χ2n) is 5.74. The normalized spacial score (nSPS) is 21.0. The van der Waals surface area contributed by atoms with Crippen LogP contribution in [0.2, 0.25) is 0 Å². The maximum Gasteiger partial charge on any atom is 0.242 e. The lowest BCUT2D eigenvalue weighted by molar-refractivity contribution is -0.128. The third-order valence-electron chi connectivity index (χ3n) is 4.29. The topological polar surface area (TPSA) is 75.9 Å². The zero-order chi connectivity index (χ0) is 15.5. The molecule has 2 aliphatic heterocycles. The molecule has 2 heterocycles. The SMILES string of the molecule is NC(=O)C1CCOc2ccccc2N1CC(=O)N1CCCC1. The van der Waals surface area contributed by atoms with E-state index in [1.54, 1.807) is 4.90 Å². The Hall–Kier alpha value is -2.24. The summed E-state index contributed by atoms with van der Waals surface area (Å²) in [6.07, 6.45) is 2.58. The number of primary amides is 1. The van der Waals surface area contributed by atoms with Gasteiger partial charge in [0.15, 0.2) is 0 Å². The van der Waals surface area contributed by atoms with Crippen LogP contribution in [-0.2, 0) is 9.59 Å². The van der Waals surface area contributed by atoms with E-state index >= 15 is 0 Å². The number of hydrogen-bond acceptors (Lipinski definition) is 4. The van der Waals surface area contributed by atoms with Crippen molar-refractivity contribution in [2.24, 2.45) is 5.73 Å². The monoisotopic (exact) mass is 303 g/mol. The highest BCUT2D eigenvalue weighted by Crippen LogP contribution is 2.33. The third-order valence-corrected chi connectivity index (χ3v) is 4.29. The second kappa shape index (κ2) is 6.25. The first-order chi connectivity index (χ1) is 10.7. The van der Waals surface area contributed by atoms with Crippen molar-refractivity contribution in [2.45, 2.75) is 25.3 Å². The quantitative estimate of drug-likeness (QED) is 0.894. The number of carbonyl (C=O) groups excluding carboxylic acids is 2. The lowest BCUT2D eigenvalue weighted by Crippen LogP contribution is -2.49. The van der Waals surface area contributed by atoms with E-state index in [-0.39, 0.29) is 12.5 Å². The van der Waals surface area contributed by atoms with Crippen LogP contribution in [0.1, 0.15) is 19.3 Å². The summed E-state index contributed by atoms with van der Waals surface area (Å²) in [6.45, 7) is 2.17. The largest absolute Gasteiger partial charge is 0.491 e. The van der Waals surface area contributed by atoms with Crippen LogP contribution in [0.3, 0.4) is 0 Å². The molecule has 0 aliphatic carbocycles. The summed E-state index contributed by atoms with van der Waals surface area (Å²) in [5.74, 6) is 0.315. The van der Waals surface area contributed by atoms with Crippen LogP contribution in [0.4, 0.5) is 5.69 Å². The Morgan fingerprint density at radius 3 is 2.68 bits per heavy atom. The van der Waals surface area contributed by atoms with Gasteiger partial charge >= 0.3 is 0 Å². The fourth-order valence-corrected chi connectivity index (χ4v) is 3.12. The van der Waals surface area contributed by atoms with Gasteiger partial charge in [-0.3, -0.25) is 9.59 Å². The highest BCUT2D eigenvalue weighted by atomic mass is 16.5. The Balaban J connectivity index is 1.88. The molecule has 3 rings (SSSR count).